The van der Waals surface area contributed by atoms with Crippen LogP contribution in [0.3, 0.4) is 0 Å². The molecule has 1 amide bonds. The highest BCUT2D eigenvalue weighted by atomic mass is 32.1. The van der Waals surface area contributed by atoms with Crippen LogP contribution >= 0.6 is 11.3 Å². The molecular formula is C18H14FN5OS. The van der Waals surface area contributed by atoms with Gasteiger partial charge in [-0.25, -0.2) is 14.1 Å². The molecule has 0 saturated heterocycles. The number of benzene rings is 2. The Hall–Kier alpha value is -3.13. The van der Waals surface area contributed by atoms with Crippen LogP contribution in [-0.4, -0.2) is 25.2 Å². The van der Waals surface area contributed by atoms with Crippen LogP contribution in [0, 0.1) is 12.7 Å². The molecule has 0 N–H and O–H groups in total. The standard InChI is InChI=1S/C18H14FN5OS/c1-11-20-16(22-24(11)13-9-7-12(19)8-10-13)17(25)21-18-23(2)14-5-3-4-6-15(14)26-18/h3-10H,1-2H3. The number of hydrogen-bond donors (Lipinski definition) is 0. The molecule has 0 saturated carbocycles. The van der Waals surface area contributed by atoms with Crippen LogP contribution < -0.4 is 4.80 Å². The molecule has 130 valence electrons. The number of para-hydroxylation sites is 1. The topological polar surface area (TPSA) is 65.1 Å². The number of fused-ring (bicyclic) bond motifs is 1. The molecule has 0 aliphatic heterocycles. The van der Waals surface area contributed by atoms with Gasteiger partial charge in [0.05, 0.1) is 15.9 Å². The third-order valence-corrected chi connectivity index (χ3v) is 5.06. The van der Waals surface area contributed by atoms with Crippen molar-refractivity contribution in [2.24, 2.45) is 12.0 Å². The van der Waals surface area contributed by atoms with E-state index in [-0.39, 0.29) is 11.6 Å². The number of rotatable bonds is 2. The largest absolute Gasteiger partial charge is 0.319 e. The fraction of sp³-hybridized carbons (Fsp3) is 0.111. The Labute approximate surface area is 151 Å². The Bertz CT molecular complexity index is 1190. The number of thiazole rings is 1. The number of amides is 1. The molecule has 0 atom stereocenters. The average molecular weight is 367 g/mol. The summed E-state index contributed by atoms with van der Waals surface area (Å²) in [7, 11) is 1.86. The monoisotopic (exact) mass is 367 g/mol. The fourth-order valence-electron chi connectivity index (χ4n) is 2.63. The quantitative estimate of drug-likeness (QED) is 0.547. The number of halogens is 1. The van der Waals surface area contributed by atoms with Crippen molar-refractivity contribution >= 4 is 27.5 Å². The first-order valence-electron chi connectivity index (χ1n) is 7.86. The molecule has 2 aromatic heterocycles. The van der Waals surface area contributed by atoms with E-state index >= 15 is 0 Å². The first-order chi connectivity index (χ1) is 12.5. The van der Waals surface area contributed by atoms with Gasteiger partial charge in [-0.05, 0) is 43.3 Å². The Morgan fingerprint density at radius 1 is 1.15 bits per heavy atom. The van der Waals surface area contributed by atoms with Crippen molar-refractivity contribution in [3.63, 3.8) is 0 Å². The Morgan fingerprint density at radius 2 is 1.88 bits per heavy atom. The molecule has 0 radical (unpaired) electrons. The predicted molar refractivity (Wildman–Crippen MR) is 96.7 cm³/mol. The molecule has 4 aromatic rings. The lowest BCUT2D eigenvalue weighted by molar-refractivity contribution is 0.0988. The van der Waals surface area contributed by atoms with E-state index in [0.717, 1.165) is 10.2 Å². The second-order valence-electron chi connectivity index (χ2n) is 5.70. The lowest BCUT2D eigenvalue weighted by atomic mass is 10.3. The van der Waals surface area contributed by atoms with Crippen molar-refractivity contribution < 1.29 is 9.18 Å². The van der Waals surface area contributed by atoms with Crippen molar-refractivity contribution in [1.82, 2.24) is 19.3 Å². The molecule has 8 heteroatoms. The molecule has 6 nitrogen and oxygen atoms in total. The van der Waals surface area contributed by atoms with Crippen molar-refractivity contribution in [3.8, 4) is 5.69 Å². The minimum Gasteiger partial charge on any atom is -0.319 e. The molecule has 2 heterocycles. The van der Waals surface area contributed by atoms with E-state index in [4.69, 9.17) is 0 Å². The van der Waals surface area contributed by atoms with Gasteiger partial charge >= 0.3 is 5.91 Å². The summed E-state index contributed by atoms with van der Waals surface area (Å²) in [6.45, 7) is 1.73. The molecule has 2 aromatic carbocycles. The maximum Gasteiger partial charge on any atom is 0.319 e. The van der Waals surface area contributed by atoms with Crippen LogP contribution in [0.5, 0.6) is 0 Å². The summed E-state index contributed by atoms with van der Waals surface area (Å²) in [5.74, 6) is -0.327. The highest BCUT2D eigenvalue weighted by molar-refractivity contribution is 7.16. The maximum absolute atomic E-state index is 13.1. The minimum absolute atomic E-state index is 0.00396. The zero-order valence-electron chi connectivity index (χ0n) is 14.0. The second kappa shape index (κ2) is 6.30. The number of nitrogens with zero attached hydrogens (tertiary/aromatic N) is 5. The van der Waals surface area contributed by atoms with Gasteiger partial charge in [0.2, 0.25) is 5.82 Å². The Balaban J connectivity index is 1.73. The first-order valence-corrected chi connectivity index (χ1v) is 8.68. The van der Waals surface area contributed by atoms with Gasteiger partial charge in [-0.2, -0.15) is 4.99 Å². The number of hydrogen-bond acceptors (Lipinski definition) is 4. The predicted octanol–water partition coefficient (Wildman–Crippen LogP) is 3.01. The fourth-order valence-corrected chi connectivity index (χ4v) is 3.65. The van der Waals surface area contributed by atoms with Crippen LogP contribution in [0.25, 0.3) is 15.9 Å². The highest BCUT2D eigenvalue weighted by Gasteiger charge is 2.15. The third-order valence-electron chi connectivity index (χ3n) is 3.94. The summed E-state index contributed by atoms with van der Waals surface area (Å²) in [6.07, 6.45) is 0. The molecule has 0 bridgehead atoms. The van der Waals surface area contributed by atoms with Gasteiger partial charge < -0.3 is 4.57 Å². The molecule has 0 spiro atoms. The van der Waals surface area contributed by atoms with Gasteiger partial charge in [0, 0.05) is 7.05 Å². The normalized spacial score (nSPS) is 12.0. The summed E-state index contributed by atoms with van der Waals surface area (Å²) in [4.78, 5) is 21.5. The zero-order chi connectivity index (χ0) is 18.3. The summed E-state index contributed by atoms with van der Waals surface area (Å²) >= 11 is 1.43. The highest BCUT2D eigenvalue weighted by Crippen LogP contribution is 2.15. The smallest absolute Gasteiger partial charge is 0.319 e. The van der Waals surface area contributed by atoms with Gasteiger partial charge in [0.1, 0.15) is 11.6 Å². The average Bonchev–Trinajstić information content (AvgIpc) is 3.17. The van der Waals surface area contributed by atoms with E-state index in [2.05, 4.69) is 15.1 Å². The Kier molecular flexibility index (Phi) is 3.96. The van der Waals surface area contributed by atoms with Crippen LogP contribution in [0.4, 0.5) is 4.39 Å². The number of carbonyl (C=O) groups is 1. The van der Waals surface area contributed by atoms with E-state index in [1.165, 1.54) is 28.2 Å². The van der Waals surface area contributed by atoms with Gasteiger partial charge in [-0.1, -0.05) is 23.5 Å². The van der Waals surface area contributed by atoms with E-state index in [1.807, 2.05) is 35.9 Å². The van der Waals surface area contributed by atoms with E-state index in [1.54, 1.807) is 19.1 Å². The van der Waals surface area contributed by atoms with Gasteiger partial charge in [0.15, 0.2) is 4.80 Å². The van der Waals surface area contributed by atoms with Crippen LogP contribution in [0.2, 0.25) is 0 Å². The van der Waals surface area contributed by atoms with Crippen LogP contribution in [0.15, 0.2) is 53.5 Å². The van der Waals surface area contributed by atoms with Crippen molar-refractivity contribution in [2.45, 2.75) is 6.92 Å². The Morgan fingerprint density at radius 3 is 2.62 bits per heavy atom. The molecule has 0 aliphatic rings. The number of aromatic nitrogens is 4. The maximum atomic E-state index is 13.1. The lowest BCUT2D eigenvalue weighted by Crippen LogP contribution is -2.14. The summed E-state index contributed by atoms with van der Waals surface area (Å²) < 4.78 is 17.5. The van der Waals surface area contributed by atoms with Crippen LogP contribution in [-0.2, 0) is 7.05 Å². The zero-order valence-corrected chi connectivity index (χ0v) is 14.9. The van der Waals surface area contributed by atoms with Gasteiger partial charge in [-0.15, -0.1) is 5.10 Å². The van der Waals surface area contributed by atoms with Crippen LogP contribution in [0.1, 0.15) is 16.4 Å². The molecule has 26 heavy (non-hydrogen) atoms. The molecular weight excluding hydrogens is 353 g/mol. The molecule has 0 fully saturated rings. The molecule has 0 aliphatic carbocycles. The first kappa shape index (κ1) is 16.3. The van der Waals surface area contributed by atoms with Gasteiger partial charge in [0.25, 0.3) is 0 Å². The van der Waals surface area contributed by atoms with E-state index in [9.17, 15) is 9.18 Å². The third kappa shape index (κ3) is 2.84. The second-order valence-corrected chi connectivity index (χ2v) is 6.71. The summed E-state index contributed by atoms with van der Waals surface area (Å²) in [5, 5.41) is 4.22. The van der Waals surface area contributed by atoms with Gasteiger partial charge in [-0.3, -0.25) is 4.79 Å². The summed E-state index contributed by atoms with van der Waals surface area (Å²) in [5.41, 5.74) is 1.63. The lowest BCUT2D eigenvalue weighted by Gasteiger charge is -2.01. The SMILES string of the molecule is Cc1nc(C(=O)N=c2sc3ccccc3n2C)nn1-c1ccc(F)cc1. The van der Waals surface area contributed by atoms with Crippen molar-refractivity contribution in [1.29, 1.82) is 0 Å². The number of aryl methyl sites for hydroxylation is 2. The van der Waals surface area contributed by atoms with Crippen molar-refractivity contribution in [2.75, 3.05) is 0 Å². The van der Waals surface area contributed by atoms with Crippen molar-refractivity contribution in [3.05, 3.63) is 70.8 Å². The van der Waals surface area contributed by atoms with E-state index in [0.29, 0.717) is 16.3 Å². The van der Waals surface area contributed by atoms with E-state index < -0.39 is 5.91 Å². The summed E-state index contributed by atoms with van der Waals surface area (Å²) in [6, 6.07) is 13.7. The molecule has 0 unspecified atom stereocenters. The number of carbonyl (C=O) groups excluding carboxylic acids is 1. The minimum atomic E-state index is -0.517. The molecule has 4 rings (SSSR count).